The zero-order valence-corrected chi connectivity index (χ0v) is 14.1. The average Bonchev–Trinajstić information content (AvgIpc) is 2.35. The fourth-order valence-corrected chi connectivity index (χ4v) is 3.14. The highest BCUT2D eigenvalue weighted by Crippen LogP contribution is 2.30. The van der Waals surface area contributed by atoms with Crippen molar-refractivity contribution < 1.29 is 0 Å². The molecule has 0 radical (unpaired) electrons. The van der Waals surface area contributed by atoms with Crippen LogP contribution in [0.25, 0.3) is 0 Å². The molecule has 0 fully saturated rings. The summed E-state index contributed by atoms with van der Waals surface area (Å²) >= 11 is 6.38. The van der Waals surface area contributed by atoms with E-state index in [1.807, 2.05) is 18.2 Å². The second-order valence-corrected chi connectivity index (χ2v) is 6.17. The van der Waals surface area contributed by atoms with E-state index in [2.05, 4.69) is 50.7 Å². The molecule has 0 spiro atoms. The zero-order valence-electron chi connectivity index (χ0n) is 13.3. The maximum atomic E-state index is 6.38. The monoisotopic (exact) mass is 297 g/mol. The highest BCUT2D eigenvalue weighted by atomic mass is 35.5. The van der Waals surface area contributed by atoms with Gasteiger partial charge in [0.2, 0.25) is 0 Å². The zero-order chi connectivity index (χ0) is 15.3. The Kier molecular flexibility index (Phi) is 6.96. The molecule has 3 nitrogen and oxygen atoms in total. The van der Waals surface area contributed by atoms with Crippen molar-refractivity contribution in [3.63, 3.8) is 0 Å². The topological polar surface area (TPSA) is 32.5 Å². The highest BCUT2D eigenvalue weighted by Gasteiger charge is 2.28. The number of nitrogens with two attached hydrogens (primary N) is 1. The van der Waals surface area contributed by atoms with Gasteiger partial charge in [0.15, 0.2) is 0 Å². The molecule has 0 saturated carbocycles. The van der Waals surface area contributed by atoms with Crippen molar-refractivity contribution in [2.24, 2.45) is 5.73 Å². The second-order valence-electron chi connectivity index (χ2n) is 5.77. The summed E-state index contributed by atoms with van der Waals surface area (Å²) in [5, 5.41) is 0.797. The summed E-state index contributed by atoms with van der Waals surface area (Å²) in [4.78, 5) is 4.64. The number of nitrogens with zero attached hydrogens (tertiary/aromatic N) is 2. The molecule has 0 heterocycles. The van der Waals surface area contributed by atoms with Gasteiger partial charge in [-0.1, -0.05) is 36.7 Å². The molecule has 0 bridgehead atoms. The van der Waals surface area contributed by atoms with Gasteiger partial charge in [-0.15, -0.1) is 0 Å². The van der Waals surface area contributed by atoms with Crippen LogP contribution < -0.4 is 5.73 Å². The van der Waals surface area contributed by atoms with Gasteiger partial charge in [0, 0.05) is 23.7 Å². The van der Waals surface area contributed by atoms with Crippen LogP contribution in [-0.2, 0) is 0 Å². The lowest BCUT2D eigenvalue weighted by Crippen LogP contribution is -2.47. The van der Waals surface area contributed by atoms with E-state index in [1.165, 1.54) is 0 Å². The molecule has 0 aromatic heterocycles. The van der Waals surface area contributed by atoms with Crippen molar-refractivity contribution >= 4 is 11.6 Å². The Balaban J connectivity index is 3.08. The van der Waals surface area contributed by atoms with Crippen LogP contribution in [-0.4, -0.2) is 49.1 Å². The van der Waals surface area contributed by atoms with Crippen molar-refractivity contribution in [3.05, 3.63) is 34.9 Å². The Bertz CT molecular complexity index is 406. The van der Waals surface area contributed by atoms with Gasteiger partial charge < -0.3 is 10.6 Å². The van der Waals surface area contributed by atoms with E-state index in [-0.39, 0.29) is 12.1 Å². The molecule has 0 amide bonds. The average molecular weight is 298 g/mol. The Labute approximate surface area is 128 Å². The van der Waals surface area contributed by atoms with Gasteiger partial charge in [0.05, 0.1) is 6.04 Å². The summed E-state index contributed by atoms with van der Waals surface area (Å²) in [6, 6.07) is 8.60. The maximum Gasteiger partial charge on any atom is 0.0514 e. The summed E-state index contributed by atoms with van der Waals surface area (Å²) in [5.74, 6) is 0. The normalized spacial score (nSPS) is 16.4. The Morgan fingerprint density at radius 1 is 1.20 bits per heavy atom. The van der Waals surface area contributed by atoms with Crippen LogP contribution >= 0.6 is 11.6 Å². The lowest BCUT2D eigenvalue weighted by atomic mass is 9.97. The third-order valence-electron chi connectivity index (χ3n) is 3.64. The van der Waals surface area contributed by atoms with E-state index in [4.69, 9.17) is 17.3 Å². The van der Waals surface area contributed by atoms with Gasteiger partial charge >= 0.3 is 0 Å². The summed E-state index contributed by atoms with van der Waals surface area (Å²) in [6.45, 7) is 8.43. The molecular formula is C16H28ClN3. The van der Waals surface area contributed by atoms with E-state index >= 15 is 0 Å². The van der Waals surface area contributed by atoms with E-state index in [0.29, 0.717) is 6.04 Å². The van der Waals surface area contributed by atoms with Gasteiger partial charge in [0.25, 0.3) is 0 Å². The first-order valence-electron chi connectivity index (χ1n) is 7.29. The molecule has 20 heavy (non-hydrogen) atoms. The molecular weight excluding hydrogens is 270 g/mol. The Hall–Kier alpha value is -0.610. The van der Waals surface area contributed by atoms with Crippen molar-refractivity contribution in [2.75, 3.05) is 27.2 Å². The first-order chi connectivity index (χ1) is 9.38. The summed E-state index contributed by atoms with van der Waals surface area (Å²) in [5.41, 5.74) is 7.39. The van der Waals surface area contributed by atoms with Crippen LogP contribution in [0.5, 0.6) is 0 Å². The summed E-state index contributed by atoms with van der Waals surface area (Å²) in [7, 11) is 4.20. The van der Waals surface area contributed by atoms with E-state index in [0.717, 1.165) is 23.7 Å². The fourth-order valence-electron chi connectivity index (χ4n) is 2.89. The molecule has 114 valence electrons. The van der Waals surface area contributed by atoms with Crippen LogP contribution in [0.1, 0.15) is 32.4 Å². The second kappa shape index (κ2) is 7.99. The van der Waals surface area contributed by atoms with Crippen LogP contribution in [0.4, 0.5) is 0 Å². The number of halogens is 1. The minimum Gasteiger partial charge on any atom is -0.326 e. The van der Waals surface area contributed by atoms with Crippen molar-refractivity contribution in [1.29, 1.82) is 0 Å². The lowest BCUT2D eigenvalue weighted by molar-refractivity contribution is 0.114. The predicted octanol–water partition coefficient (Wildman–Crippen LogP) is 3.00. The SMILES string of the molecule is CCN(C(C)CN(C)C)C(c1ccccc1Cl)C(C)N. The van der Waals surface area contributed by atoms with Crippen LogP contribution in [0.15, 0.2) is 24.3 Å². The molecule has 1 aromatic rings. The highest BCUT2D eigenvalue weighted by molar-refractivity contribution is 6.31. The first-order valence-corrected chi connectivity index (χ1v) is 7.66. The van der Waals surface area contributed by atoms with E-state index < -0.39 is 0 Å². The molecule has 1 rings (SSSR count). The Morgan fingerprint density at radius 3 is 2.25 bits per heavy atom. The van der Waals surface area contributed by atoms with Gasteiger partial charge in [-0.05, 0) is 46.1 Å². The smallest absolute Gasteiger partial charge is 0.0514 e. The summed E-state index contributed by atoms with van der Waals surface area (Å²) in [6.07, 6.45) is 0. The third-order valence-corrected chi connectivity index (χ3v) is 3.98. The molecule has 0 aliphatic carbocycles. The number of likely N-dealkylation sites (N-methyl/N-ethyl adjacent to an activating group) is 2. The van der Waals surface area contributed by atoms with Crippen LogP contribution in [0.2, 0.25) is 5.02 Å². The summed E-state index contributed by atoms with van der Waals surface area (Å²) < 4.78 is 0. The van der Waals surface area contributed by atoms with Crippen molar-refractivity contribution in [2.45, 2.75) is 38.9 Å². The van der Waals surface area contributed by atoms with E-state index in [9.17, 15) is 0 Å². The van der Waals surface area contributed by atoms with Crippen molar-refractivity contribution in [1.82, 2.24) is 9.80 Å². The van der Waals surface area contributed by atoms with E-state index in [1.54, 1.807) is 0 Å². The van der Waals surface area contributed by atoms with Crippen molar-refractivity contribution in [3.8, 4) is 0 Å². The molecule has 2 N–H and O–H groups in total. The first kappa shape index (κ1) is 17.4. The number of hydrogen-bond acceptors (Lipinski definition) is 3. The molecule has 1 aromatic carbocycles. The third kappa shape index (κ3) is 4.45. The molecule has 4 heteroatoms. The number of benzene rings is 1. The molecule has 3 unspecified atom stereocenters. The minimum absolute atomic E-state index is 0.0273. The molecule has 0 aliphatic heterocycles. The van der Waals surface area contributed by atoms with Gasteiger partial charge in [-0.25, -0.2) is 0 Å². The minimum atomic E-state index is 0.0273. The van der Waals surface area contributed by atoms with Crippen LogP contribution in [0.3, 0.4) is 0 Å². The fraction of sp³-hybridized carbons (Fsp3) is 0.625. The quantitative estimate of drug-likeness (QED) is 0.840. The molecule has 0 aliphatic rings. The number of rotatable bonds is 7. The van der Waals surface area contributed by atoms with Gasteiger partial charge in [-0.2, -0.15) is 0 Å². The Morgan fingerprint density at radius 2 is 1.80 bits per heavy atom. The van der Waals surface area contributed by atoms with Crippen LogP contribution in [0, 0.1) is 0 Å². The molecule has 0 saturated heterocycles. The lowest BCUT2D eigenvalue weighted by Gasteiger charge is -2.39. The molecule has 3 atom stereocenters. The number of hydrogen-bond donors (Lipinski definition) is 1. The standard InChI is InChI=1S/C16H28ClN3/c1-6-20(12(2)11-19(4)5)16(13(3)18)14-9-7-8-10-15(14)17/h7-10,12-13,16H,6,11,18H2,1-5H3. The van der Waals surface area contributed by atoms with Gasteiger partial charge in [0.1, 0.15) is 0 Å². The predicted molar refractivity (Wildman–Crippen MR) is 88.2 cm³/mol. The maximum absolute atomic E-state index is 6.38. The largest absolute Gasteiger partial charge is 0.326 e. The van der Waals surface area contributed by atoms with Gasteiger partial charge in [-0.3, -0.25) is 4.90 Å².